The molecular formula is C9H14O4. The Morgan fingerprint density at radius 3 is 3.00 bits per heavy atom. The van der Waals surface area contributed by atoms with Crippen molar-refractivity contribution in [2.75, 3.05) is 6.61 Å². The lowest BCUT2D eigenvalue weighted by atomic mass is 9.86. The highest BCUT2D eigenvalue weighted by Crippen LogP contribution is 2.22. The summed E-state index contributed by atoms with van der Waals surface area (Å²) in [5, 5.41) is 9.25. The van der Waals surface area contributed by atoms with Crippen LogP contribution in [0.3, 0.4) is 0 Å². The Balaban J connectivity index is 2.55. The van der Waals surface area contributed by atoms with Crippen LogP contribution in [-0.4, -0.2) is 29.6 Å². The summed E-state index contributed by atoms with van der Waals surface area (Å²) in [6.07, 6.45) is 0.434. The van der Waals surface area contributed by atoms with E-state index in [0.717, 1.165) is 0 Å². The summed E-state index contributed by atoms with van der Waals surface area (Å²) in [7, 11) is 0. The second kappa shape index (κ2) is 4.37. The monoisotopic (exact) mass is 186 g/mol. The highest BCUT2D eigenvalue weighted by molar-refractivity contribution is 5.99. The number of carbonyl (C=O) groups excluding carboxylic acids is 2. The highest BCUT2D eigenvalue weighted by atomic mass is 16.5. The Kier molecular flexibility index (Phi) is 3.42. The number of ether oxygens (including phenoxy) is 1. The first kappa shape index (κ1) is 10.2. The van der Waals surface area contributed by atoms with Crippen molar-refractivity contribution < 1.29 is 19.4 Å². The van der Waals surface area contributed by atoms with Gasteiger partial charge in [-0.15, -0.1) is 0 Å². The van der Waals surface area contributed by atoms with E-state index in [2.05, 4.69) is 0 Å². The van der Waals surface area contributed by atoms with Crippen LogP contribution in [0.4, 0.5) is 0 Å². The SMILES string of the molecule is CCOC(=O)C1CC(O)CCC1=O. The fourth-order valence-corrected chi connectivity index (χ4v) is 1.47. The molecule has 74 valence electrons. The molecule has 0 aromatic rings. The second-order valence-corrected chi connectivity index (χ2v) is 3.20. The van der Waals surface area contributed by atoms with E-state index >= 15 is 0 Å². The van der Waals surface area contributed by atoms with Gasteiger partial charge in [0.2, 0.25) is 0 Å². The maximum Gasteiger partial charge on any atom is 0.316 e. The van der Waals surface area contributed by atoms with Gasteiger partial charge in [0.1, 0.15) is 11.7 Å². The first-order valence-electron chi connectivity index (χ1n) is 4.52. The van der Waals surface area contributed by atoms with E-state index in [-0.39, 0.29) is 25.2 Å². The first-order valence-corrected chi connectivity index (χ1v) is 4.52. The summed E-state index contributed by atoms with van der Waals surface area (Å²) in [4.78, 5) is 22.4. The minimum atomic E-state index is -0.733. The van der Waals surface area contributed by atoms with Gasteiger partial charge >= 0.3 is 5.97 Å². The van der Waals surface area contributed by atoms with Crippen LogP contribution >= 0.6 is 0 Å². The van der Waals surface area contributed by atoms with Crippen molar-refractivity contribution in [3.8, 4) is 0 Å². The van der Waals surface area contributed by atoms with E-state index < -0.39 is 18.0 Å². The number of aliphatic hydroxyl groups excluding tert-OH is 1. The fourth-order valence-electron chi connectivity index (χ4n) is 1.47. The van der Waals surface area contributed by atoms with Gasteiger partial charge in [0, 0.05) is 6.42 Å². The number of Topliss-reactive ketones (excluding diaryl/α,β-unsaturated/α-hetero) is 1. The van der Waals surface area contributed by atoms with Gasteiger partial charge in [-0.3, -0.25) is 9.59 Å². The molecule has 1 N–H and O–H groups in total. The minimum Gasteiger partial charge on any atom is -0.465 e. The molecule has 0 bridgehead atoms. The highest BCUT2D eigenvalue weighted by Gasteiger charge is 2.33. The van der Waals surface area contributed by atoms with Crippen molar-refractivity contribution in [1.82, 2.24) is 0 Å². The molecule has 0 spiro atoms. The lowest BCUT2D eigenvalue weighted by Crippen LogP contribution is -2.34. The smallest absolute Gasteiger partial charge is 0.316 e. The molecule has 13 heavy (non-hydrogen) atoms. The van der Waals surface area contributed by atoms with Crippen LogP contribution in [0.25, 0.3) is 0 Å². The summed E-state index contributed by atoms with van der Waals surface area (Å²) >= 11 is 0. The molecule has 4 heteroatoms. The van der Waals surface area contributed by atoms with E-state index in [1.807, 2.05) is 0 Å². The molecular weight excluding hydrogens is 172 g/mol. The average Bonchev–Trinajstić information content (AvgIpc) is 2.09. The molecule has 0 amide bonds. The Morgan fingerprint density at radius 1 is 1.69 bits per heavy atom. The predicted octanol–water partition coefficient (Wildman–Crippen LogP) is 0.280. The summed E-state index contributed by atoms with van der Waals surface area (Å²) in [5.41, 5.74) is 0. The normalized spacial score (nSPS) is 28.6. The Morgan fingerprint density at radius 2 is 2.38 bits per heavy atom. The van der Waals surface area contributed by atoms with E-state index in [4.69, 9.17) is 4.74 Å². The number of carbonyl (C=O) groups is 2. The van der Waals surface area contributed by atoms with Crippen LogP contribution < -0.4 is 0 Å². The van der Waals surface area contributed by atoms with Gasteiger partial charge < -0.3 is 9.84 Å². The quantitative estimate of drug-likeness (QED) is 0.497. The molecule has 1 rings (SSSR count). The zero-order chi connectivity index (χ0) is 9.84. The van der Waals surface area contributed by atoms with Gasteiger partial charge in [0.05, 0.1) is 12.7 Å². The predicted molar refractivity (Wildman–Crippen MR) is 45.0 cm³/mol. The number of esters is 1. The summed E-state index contributed by atoms with van der Waals surface area (Å²) in [5.74, 6) is -1.33. The average molecular weight is 186 g/mol. The standard InChI is InChI=1S/C9H14O4/c1-2-13-9(12)7-5-6(10)3-4-8(7)11/h6-7,10H,2-5H2,1H3. The molecule has 2 unspecified atom stereocenters. The fraction of sp³-hybridized carbons (Fsp3) is 0.778. The molecule has 1 fully saturated rings. The number of hydrogen-bond acceptors (Lipinski definition) is 4. The van der Waals surface area contributed by atoms with Crippen molar-refractivity contribution in [2.24, 2.45) is 5.92 Å². The second-order valence-electron chi connectivity index (χ2n) is 3.20. The molecule has 0 aromatic carbocycles. The van der Waals surface area contributed by atoms with E-state index in [0.29, 0.717) is 6.42 Å². The third-order valence-electron chi connectivity index (χ3n) is 2.19. The lowest BCUT2D eigenvalue weighted by Gasteiger charge is -2.22. The van der Waals surface area contributed by atoms with E-state index in [9.17, 15) is 14.7 Å². The molecule has 1 aliphatic carbocycles. The third kappa shape index (κ3) is 2.52. The summed E-state index contributed by atoms with van der Waals surface area (Å²) in [6, 6.07) is 0. The number of hydrogen-bond donors (Lipinski definition) is 1. The van der Waals surface area contributed by atoms with Crippen molar-refractivity contribution in [3.63, 3.8) is 0 Å². The number of rotatable bonds is 2. The first-order chi connectivity index (χ1) is 6.15. The molecule has 0 saturated heterocycles. The maximum atomic E-state index is 11.2. The largest absolute Gasteiger partial charge is 0.465 e. The molecule has 1 aliphatic rings. The molecule has 2 atom stereocenters. The zero-order valence-electron chi connectivity index (χ0n) is 7.66. The Bertz CT molecular complexity index is 212. The van der Waals surface area contributed by atoms with Crippen LogP contribution in [0.5, 0.6) is 0 Å². The molecule has 0 aromatic heterocycles. The van der Waals surface area contributed by atoms with Crippen LogP contribution in [0.1, 0.15) is 26.2 Å². The van der Waals surface area contributed by atoms with Crippen LogP contribution in [-0.2, 0) is 14.3 Å². The van der Waals surface area contributed by atoms with Gasteiger partial charge in [0.25, 0.3) is 0 Å². The Labute approximate surface area is 76.9 Å². The number of ketones is 1. The van der Waals surface area contributed by atoms with Gasteiger partial charge in [-0.1, -0.05) is 0 Å². The summed E-state index contributed by atoms with van der Waals surface area (Å²) < 4.78 is 4.73. The van der Waals surface area contributed by atoms with Crippen LogP contribution in [0.15, 0.2) is 0 Å². The molecule has 0 heterocycles. The topological polar surface area (TPSA) is 63.6 Å². The molecule has 1 saturated carbocycles. The molecule has 0 aliphatic heterocycles. The van der Waals surface area contributed by atoms with Gasteiger partial charge in [-0.25, -0.2) is 0 Å². The molecule has 4 nitrogen and oxygen atoms in total. The summed E-state index contributed by atoms with van der Waals surface area (Å²) in [6.45, 7) is 1.97. The van der Waals surface area contributed by atoms with Crippen LogP contribution in [0, 0.1) is 5.92 Å². The van der Waals surface area contributed by atoms with Crippen molar-refractivity contribution >= 4 is 11.8 Å². The van der Waals surface area contributed by atoms with Crippen molar-refractivity contribution in [2.45, 2.75) is 32.3 Å². The van der Waals surface area contributed by atoms with E-state index in [1.54, 1.807) is 6.92 Å². The Hall–Kier alpha value is -0.900. The van der Waals surface area contributed by atoms with E-state index in [1.165, 1.54) is 0 Å². The zero-order valence-corrected chi connectivity index (χ0v) is 7.66. The van der Waals surface area contributed by atoms with Crippen molar-refractivity contribution in [3.05, 3.63) is 0 Å². The van der Waals surface area contributed by atoms with Gasteiger partial charge in [-0.2, -0.15) is 0 Å². The maximum absolute atomic E-state index is 11.2. The van der Waals surface area contributed by atoms with Gasteiger partial charge in [-0.05, 0) is 19.8 Å². The lowest BCUT2D eigenvalue weighted by molar-refractivity contribution is -0.154. The third-order valence-corrected chi connectivity index (χ3v) is 2.19. The molecule has 0 radical (unpaired) electrons. The van der Waals surface area contributed by atoms with Crippen LogP contribution in [0.2, 0.25) is 0 Å². The minimum absolute atomic E-state index is 0.108. The van der Waals surface area contributed by atoms with Crippen molar-refractivity contribution in [1.29, 1.82) is 0 Å². The van der Waals surface area contributed by atoms with Gasteiger partial charge in [0.15, 0.2) is 0 Å². The number of aliphatic hydroxyl groups is 1.